The van der Waals surface area contributed by atoms with Crippen molar-refractivity contribution in [3.8, 4) is 51.0 Å². The van der Waals surface area contributed by atoms with E-state index in [0.29, 0.717) is 11.6 Å². The summed E-state index contributed by atoms with van der Waals surface area (Å²) in [6.07, 6.45) is 0. The van der Waals surface area contributed by atoms with Crippen LogP contribution in [-0.4, -0.2) is 24.5 Å². The molecule has 0 spiro atoms. The van der Waals surface area contributed by atoms with Gasteiger partial charge in [-0.15, -0.1) is 11.3 Å². The Hall–Kier alpha value is -8.00. The van der Waals surface area contributed by atoms with E-state index in [1.165, 1.54) is 10.1 Å². The van der Waals surface area contributed by atoms with Crippen molar-refractivity contribution in [3.05, 3.63) is 188 Å². The van der Waals surface area contributed by atoms with Gasteiger partial charge in [0.25, 0.3) is 0 Å². The third kappa shape index (κ3) is 5.27. The number of nitrogens with zero attached hydrogens (tertiary/aromatic N) is 5. The molecule has 13 rings (SSSR count). The first kappa shape index (κ1) is 33.9. The third-order valence-electron chi connectivity index (χ3n) is 11.9. The van der Waals surface area contributed by atoms with Crippen LogP contribution in [0.3, 0.4) is 0 Å². The normalized spacial score (nSPS) is 11.9. The zero-order valence-corrected chi connectivity index (χ0v) is 33.3. The van der Waals surface area contributed by atoms with Crippen LogP contribution in [0.25, 0.3) is 126 Å². The number of rotatable bonds is 5. The van der Waals surface area contributed by atoms with Gasteiger partial charge in [-0.05, 0) is 60.2 Å². The van der Waals surface area contributed by atoms with Crippen molar-refractivity contribution >= 4 is 86.3 Å². The van der Waals surface area contributed by atoms with Crippen LogP contribution in [0.4, 0.5) is 0 Å². The molecular formula is C54H31N5OS. The lowest BCUT2D eigenvalue weighted by Gasteiger charge is -2.13. The Bertz CT molecular complexity index is 3890. The molecule has 0 unspecified atom stereocenters. The van der Waals surface area contributed by atoms with E-state index in [0.717, 1.165) is 104 Å². The van der Waals surface area contributed by atoms with Crippen molar-refractivity contribution in [2.24, 2.45) is 0 Å². The average Bonchev–Trinajstić information content (AvgIpc) is 4.00. The van der Waals surface area contributed by atoms with Gasteiger partial charge in [-0.25, -0.2) is 19.9 Å². The largest absolute Gasteiger partial charge is 0.455 e. The number of benzene rings is 8. The Labute approximate surface area is 352 Å². The highest BCUT2D eigenvalue weighted by atomic mass is 32.1. The number of hydrogen-bond donors (Lipinski definition) is 0. The highest BCUT2D eigenvalue weighted by molar-refractivity contribution is 7.25. The molecule has 0 saturated heterocycles. The second kappa shape index (κ2) is 13.3. The van der Waals surface area contributed by atoms with Gasteiger partial charge in [0.15, 0.2) is 11.6 Å². The van der Waals surface area contributed by atoms with Gasteiger partial charge in [-0.1, -0.05) is 133 Å². The average molecular weight is 798 g/mol. The van der Waals surface area contributed by atoms with Gasteiger partial charge in [0.1, 0.15) is 21.8 Å². The van der Waals surface area contributed by atoms with Crippen molar-refractivity contribution in [2.45, 2.75) is 0 Å². The van der Waals surface area contributed by atoms with Crippen molar-refractivity contribution < 1.29 is 4.42 Å². The van der Waals surface area contributed by atoms with Crippen LogP contribution in [0.1, 0.15) is 0 Å². The third-order valence-corrected chi connectivity index (χ3v) is 12.9. The molecule has 284 valence electrons. The maximum absolute atomic E-state index is 6.56. The predicted octanol–water partition coefficient (Wildman–Crippen LogP) is 14.5. The lowest BCUT2D eigenvalue weighted by atomic mass is 10.00. The van der Waals surface area contributed by atoms with Gasteiger partial charge in [0.05, 0.1) is 22.2 Å². The molecule has 0 N–H and O–H groups in total. The minimum atomic E-state index is 0.674. The maximum atomic E-state index is 6.56. The summed E-state index contributed by atoms with van der Waals surface area (Å²) in [5.41, 5.74) is 10.7. The molecule has 7 heteroatoms. The Morgan fingerprint density at radius 3 is 1.89 bits per heavy atom. The summed E-state index contributed by atoms with van der Waals surface area (Å²) < 4.78 is 10.0. The van der Waals surface area contributed by atoms with E-state index in [2.05, 4.69) is 150 Å². The van der Waals surface area contributed by atoms with Crippen LogP contribution in [-0.2, 0) is 0 Å². The second-order valence-electron chi connectivity index (χ2n) is 15.4. The fraction of sp³-hybridized carbons (Fsp3) is 0. The zero-order chi connectivity index (χ0) is 40.0. The molecular weight excluding hydrogens is 767 g/mol. The highest BCUT2D eigenvalue weighted by Gasteiger charge is 2.22. The van der Waals surface area contributed by atoms with E-state index < -0.39 is 0 Å². The van der Waals surface area contributed by atoms with Crippen molar-refractivity contribution in [2.75, 3.05) is 0 Å². The number of furan rings is 1. The molecule has 5 aromatic heterocycles. The second-order valence-corrected chi connectivity index (χ2v) is 16.4. The fourth-order valence-corrected chi connectivity index (χ4v) is 10.1. The standard InChI is InChI=1S/C54H31N5OS/c1-3-14-32(15-4-1)49-48-40-20-9-12-25-47(40)61-54(48)58-52(56-49)35-27-29-45-42(31-35)41-30-34(36-21-13-22-38-37-18-8-11-24-46(37)60-50(36)38)26-28-44(41)59(45)53-39-19-7-10-23-43(39)55-51(57-53)33-16-5-2-6-17-33/h1-31H. The molecule has 0 aliphatic rings. The topological polar surface area (TPSA) is 69.6 Å². The molecule has 0 amide bonds. The quantitative estimate of drug-likeness (QED) is 0.173. The van der Waals surface area contributed by atoms with E-state index in [9.17, 15) is 0 Å². The number of aromatic nitrogens is 5. The SMILES string of the molecule is c1ccc(-c2nc(-n3c4ccc(-c5nc(-c6ccccc6)c6c(n5)sc5ccccc56)cc4c4cc(-c5cccc6c5oc5ccccc56)ccc43)c3ccccc3n2)cc1. The Balaban J connectivity index is 1.10. The molecule has 5 heterocycles. The smallest absolute Gasteiger partial charge is 0.162 e. The molecule has 6 nitrogen and oxygen atoms in total. The summed E-state index contributed by atoms with van der Waals surface area (Å²) in [5, 5.41) is 7.58. The first-order valence-corrected chi connectivity index (χ1v) is 21.1. The molecule has 13 aromatic rings. The molecule has 61 heavy (non-hydrogen) atoms. The first-order valence-electron chi connectivity index (χ1n) is 20.3. The Kier molecular flexibility index (Phi) is 7.37. The van der Waals surface area contributed by atoms with E-state index in [1.807, 2.05) is 42.5 Å². The van der Waals surface area contributed by atoms with Crippen molar-refractivity contribution in [3.63, 3.8) is 0 Å². The molecule has 0 radical (unpaired) electrons. The minimum Gasteiger partial charge on any atom is -0.455 e. The summed E-state index contributed by atoms with van der Waals surface area (Å²) >= 11 is 1.71. The van der Waals surface area contributed by atoms with Crippen molar-refractivity contribution in [1.82, 2.24) is 24.5 Å². The fourth-order valence-electron chi connectivity index (χ4n) is 9.04. The van der Waals surface area contributed by atoms with Crippen LogP contribution in [0.5, 0.6) is 0 Å². The summed E-state index contributed by atoms with van der Waals surface area (Å²) in [5.74, 6) is 2.17. The van der Waals surface area contributed by atoms with Gasteiger partial charge >= 0.3 is 0 Å². The van der Waals surface area contributed by atoms with Gasteiger partial charge in [0, 0.05) is 64.7 Å². The molecule has 0 saturated carbocycles. The number of hydrogen-bond acceptors (Lipinski definition) is 6. The lowest BCUT2D eigenvalue weighted by molar-refractivity contribution is 0.670. The number of thiophene rings is 1. The van der Waals surface area contributed by atoms with Gasteiger partial charge in [-0.2, -0.15) is 0 Å². The van der Waals surface area contributed by atoms with Gasteiger partial charge in [0.2, 0.25) is 0 Å². The monoisotopic (exact) mass is 797 g/mol. The molecule has 0 bridgehead atoms. The van der Waals surface area contributed by atoms with Gasteiger partial charge in [-0.3, -0.25) is 4.57 Å². The first-order chi connectivity index (χ1) is 30.2. The van der Waals surface area contributed by atoms with E-state index in [4.69, 9.17) is 24.4 Å². The summed E-state index contributed by atoms with van der Waals surface area (Å²) in [6.45, 7) is 0. The van der Waals surface area contributed by atoms with E-state index in [-0.39, 0.29) is 0 Å². The molecule has 0 atom stereocenters. The number of fused-ring (bicyclic) bond motifs is 10. The zero-order valence-electron chi connectivity index (χ0n) is 32.5. The summed E-state index contributed by atoms with van der Waals surface area (Å²) in [6, 6.07) is 65.4. The molecule has 8 aromatic carbocycles. The molecule has 0 aliphatic heterocycles. The Morgan fingerprint density at radius 2 is 1.07 bits per heavy atom. The highest BCUT2D eigenvalue weighted by Crippen LogP contribution is 2.43. The van der Waals surface area contributed by atoms with Crippen LogP contribution in [0.15, 0.2) is 192 Å². The van der Waals surface area contributed by atoms with Crippen LogP contribution >= 0.6 is 11.3 Å². The van der Waals surface area contributed by atoms with Crippen molar-refractivity contribution in [1.29, 1.82) is 0 Å². The van der Waals surface area contributed by atoms with Gasteiger partial charge < -0.3 is 4.42 Å². The van der Waals surface area contributed by atoms with E-state index >= 15 is 0 Å². The van der Waals surface area contributed by atoms with Crippen LogP contribution < -0.4 is 0 Å². The van der Waals surface area contributed by atoms with E-state index in [1.54, 1.807) is 11.3 Å². The van der Waals surface area contributed by atoms with Crippen LogP contribution in [0.2, 0.25) is 0 Å². The predicted molar refractivity (Wildman–Crippen MR) is 251 cm³/mol. The molecule has 0 aliphatic carbocycles. The minimum absolute atomic E-state index is 0.674. The lowest BCUT2D eigenvalue weighted by Crippen LogP contribution is -2.02. The Morgan fingerprint density at radius 1 is 0.426 bits per heavy atom. The van der Waals surface area contributed by atoms with Crippen LogP contribution in [0, 0.1) is 0 Å². The summed E-state index contributed by atoms with van der Waals surface area (Å²) in [7, 11) is 0. The molecule has 0 fully saturated rings. The summed E-state index contributed by atoms with van der Waals surface area (Å²) in [4.78, 5) is 22.0. The maximum Gasteiger partial charge on any atom is 0.162 e. The number of para-hydroxylation sites is 3.